The molecule has 1 N–H and O–H groups in total. The molecule has 0 unspecified atom stereocenters. The average molecular weight is 325 g/mol. The molecule has 24 heavy (non-hydrogen) atoms. The Morgan fingerprint density at radius 3 is 2.71 bits per heavy atom. The van der Waals surface area contributed by atoms with Gasteiger partial charge in [0.25, 0.3) is 0 Å². The number of fused-ring (bicyclic) bond motifs is 1. The van der Waals surface area contributed by atoms with E-state index in [9.17, 15) is 4.39 Å². The molecule has 0 fully saturated rings. The first-order valence-corrected chi connectivity index (χ1v) is 7.90. The van der Waals surface area contributed by atoms with Crippen molar-refractivity contribution in [2.24, 2.45) is 0 Å². The Morgan fingerprint density at radius 1 is 1.12 bits per heavy atom. The van der Waals surface area contributed by atoms with Gasteiger partial charge >= 0.3 is 0 Å². The van der Waals surface area contributed by atoms with Crippen molar-refractivity contribution < 1.29 is 4.39 Å². The van der Waals surface area contributed by atoms with Gasteiger partial charge in [-0.2, -0.15) is 9.97 Å². The van der Waals surface area contributed by atoms with Gasteiger partial charge in [-0.1, -0.05) is 19.1 Å². The van der Waals surface area contributed by atoms with Gasteiger partial charge in [-0.3, -0.25) is 0 Å². The van der Waals surface area contributed by atoms with Crippen LogP contribution in [0, 0.1) is 5.82 Å². The van der Waals surface area contributed by atoms with Crippen molar-refractivity contribution in [3.63, 3.8) is 0 Å². The summed E-state index contributed by atoms with van der Waals surface area (Å²) in [7, 11) is 3.75. The number of halogens is 1. The van der Waals surface area contributed by atoms with E-state index in [-0.39, 0.29) is 5.82 Å². The third-order valence-electron chi connectivity index (χ3n) is 3.89. The Hall–Kier alpha value is -2.76. The Bertz CT molecular complexity index is 863. The fourth-order valence-corrected chi connectivity index (χ4v) is 2.59. The number of pyridine rings is 1. The Balaban J connectivity index is 1.98. The summed E-state index contributed by atoms with van der Waals surface area (Å²) in [6, 6.07) is 8.93. The van der Waals surface area contributed by atoms with Gasteiger partial charge in [0.2, 0.25) is 5.95 Å². The lowest BCUT2D eigenvalue weighted by atomic mass is 10.0. The highest BCUT2D eigenvalue weighted by atomic mass is 19.1. The highest BCUT2D eigenvalue weighted by Crippen LogP contribution is 2.23. The molecule has 0 spiro atoms. The molecule has 5 nitrogen and oxygen atoms in total. The lowest BCUT2D eigenvalue weighted by Gasteiger charge is -2.15. The molecule has 0 saturated carbocycles. The van der Waals surface area contributed by atoms with Crippen molar-refractivity contribution in [2.75, 3.05) is 24.3 Å². The molecule has 3 aromatic rings. The van der Waals surface area contributed by atoms with E-state index in [2.05, 4.69) is 20.3 Å². The molecule has 3 rings (SSSR count). The molecular formula is C18H20FN5. The number of nitrogens with zero attached hydrogens (tertiary/aromatic N) is 4. The maximum Gasteiger partial charge on any atom is 0.228 e. The van der Waals surface area contributed by atoms with Crippen LogP contribution in [0.15, 0.2) is 36.5 Å². The van der Waals surface area contributed by atoms with Crippen molar-refractivity contribution in [3.05, 3.63) is 53.5 Å². The van der Waals surface area contributed by atoms with Gasteiger partial charge < -0.3 is 10.2 Å². The van der Waals surface area contributed by atoms with Crippen molar-refractivity contribution in [2.45, 2.75) is 19.9 Å². The lowest BCUT2D eigenvalue weighted by molar-refractivity contribution is 0.609. The van der Waals surface area contributed by atoms with Gasteiger partial charge in [-0.15, -0.1) is 0 Å². The minimum absolute atomic E-state index is 0.203. The van der Waals surface area contributed by atoms with Crippen molar-refractivity contribution >= 4 is 22.8 Å². The van der Waals surface area contributed by atoms with Crippen LogP contribution < -0.4 is 10.2 Å². The lowest BCUT2D eigenvalue weighted by Crippen LogP contribution is -2.15. The Kier molecular flexibility index (Phi) is 4.55. The van der Waals surface area contributed by atoms with E-state index in [1.165, 1.54) is 6.07 Å². The summed E-state index contributed by atoms with van der Waals surface area (Å²) in [6.07, 6.45) is 2.48. The van der Waals surface area contributed by atoms with E-state index in [1.807, 2.05) is 44.1 Å². The minimum Gasteiger partial charge on any atom is -0.365 e. The molecule has 0 saturated heterocycles. The van der Waals surface area contributed by atoms with E-state index in [0.29, 0.717) is 29.5 Å². The van der Waals surface area contributed by atoms with E-state index in [1.54, 1.807) is 12.3 Å². The molecule has 2 aromatic heterocycles. The minimum atomic E-state index is -0.203. The van der Waals surface area contributed by atoms with Gasteiger partial charge in [-0.05, 0) is 30.2 Å². The predicted molar refractivity (Wildman–Crippen MR) is 94.8 cm³/mol. The summed E-state index contributed by atoms with van der Waals surface area (Å²) >= 11 is 0. The topological polar surface area (TPSA) is 53.9 Å². The molecule has 0 radical (unpaired) electrons. The molecule has 0 bridgehead atoms. The van der Waals surface area contributed by atoms with E-state index >= 15 is 0 Å². The highest BCUT2D eigenvalue weighted by molar-refractivity contribution is 5.87. The van der Waals surface area contributed by atoms with Crippen molar-refractivity contribution in [1.29, 1.82) is 0 Å². The smallest absolute Gasteiger partial charge is 0.228 e. The molecular weight excluding hydrogens is 305 g/mol. The summed E-state index contributed by atoms with van der Waals surface area (Å²) in [5.74, 6) is 1.02. The molecule has 124 valence electrons. The number of nitrogens with one attached hydrogen (secondary N) is 1. The fraction of sp³-hybridized carbons (Fsp3) is 0.278. The van der Waals surface area contributed by atoms with Crippen LogP contribution in [0.5, 0.6) is 0 Å². The second-order valence-corrected chi connectivity index (χ2v) is 5.73. The monoisotopic (exact) mass is 325 g/mol. The second-order valence-electron chi connectivity index (χ2n) is 5.73. The Morgan fingerprint density at radius 2 is 1.96 bits per heavy atom. The standard InChI is InChI=1S/C18H20FN5/c1-4-12-7-5-9-15(19)14(12)11-21-17-13-8-6-10-20-16(13)22-18(23-17)24(2)3/h5-10H,4,11H2,1-3H3,(H,20,21,22,23). The largest absolute Gasteiger partial charge is 0.365 e. The number of hydrogen-bond donors (Lipinski definition) is 1. The summed E-state index contributed by atoms with van der Waals surface area (Å²) in [5, 5.41) is 4.07. The molecule has 0 aliphatic rings. The first-order chi connectivity index (χ1) is 11.6. The number of rotatable bonds is 5. The third-order valence-corrected chi connectivity index (χ3v) is 3.89. The highest BCUT2D eigenvalue weighted by Gasteiger charge is 2.12. The van der Waals surface area contributed by atoms with Crippen LogP contribution in [0.2, 0.25) is 0 Å². The molecule has 1 aromatic carbocycles. The average Bonchev–Trinajstić information content (AvgIpc) is 2.59. The van der Waals surface area contributed by atoms with Crippen LogP contribution in [0.3, 0.4) is 0 Å². The number of anilines is 2. The quantitative estimate of drug-likeness (QED) is 0.779. The molecule has 0 aliphatic carbocycles. The van der Waals surface area contributed by atoms with Crippen LogP contribution in [0.1, 0.15) is 18.1 Å². The number of aryl methyl sites for hydroxylation is 1. The zero-order valence-electron chi connectivity index (χ0n) is 14.0. The first kappa shape index (κ1) is 16.1. The van der Waals surface area contributed by atoms with Crippen LogP contribution in [-0.4, -0.2) is 29.0 Å². The van der Waals surface area contributed by atoms with E-state index in [4.69, 9.17) is 0 Å². The normalized spacial score (nSPS) is 10.8. The van der Waals surface area contributed by atoms with Crippen molar-refractivity contribution in [1.82, 2.24) is 15.0 Å². The number of aromatic nitrogens is 3. The molecule has 2 heterocycles. The zero-order chi connectivity index (χ0) is 17.1. The molecule has 6 heteroatoms. The SMILES string of the molecule is CCc1cccc(F)c1CNc1nc(N(C)C)nc2ncccc12. The number of hydrogen-bond acceptors (Lipinski definition) is 5. The van der Waals surface area contributed by atoms with Gasteiger partial charge in [0, 0.05) is 32.4 Å². The van der Waals surface area contributed by atoms with Crippen LogP contribution in [0.4, 0.5) is 16.2 Å². The van der Waals surface area contributed by atoms with Crippen molar-refractivity contribution in [3.8, 4) is 0 Å². The van der Waals surface area contributed by atoms with E-state index < -0.39 is 0 Å². The molecule has 0 aliphatic heterocycles. The fourth-order valence-electron chi connectivity index (χ4n) is 2.59. The molecule has 0 amide bonds. The zero-order valence-corrected chi connectivity index (χ0v) is 14.0. The predicted octanol–water partition coefficient (Wildman–Crippen LogP) is 3.40. The maximum absolute atomic E-state index is 14.2. The summed E-state index contributed by atoms with van der Waals surface area (Å²) in [5.41, 5.74) is 2.27. The summed E-state index contributed by atoms with van der Waals surface area (Å²) in [4.78, 5) is 15.1. The molecule has 0 atom stereocenters. The van der Waals surface area contributed by atoms with E-state index in [0.717, 1.165) is 17.4 Å². The summed E-state index contributed by atoms with van der Waals surface area (Å²) < 4.78 is 14.2. The van der Waals surface area contributed by atoms with Crippen LogP contribution >= 0.6 is 0 Å². The third kappa shape index (κ3) is 3.13. The number of benzene rings is 1. The summed E-state index contributed by atoms with van der Waals surface area (Å²) in [6.45, 7) is 2.39. The maximum atomic E-state index is 14.2. The Labute approximate surface area is 140 Å². The van der Waals surface area contributed by atoms with Crippen LogP contribution in [-0.2, 0) is 13.0 Å². The van der Waals surface area contributed by atoms with Crippen LogP contribution in [0.25, 0.3) is 11.0 Å². The first-order valence-electron chi connectivity index (χ1n) is 7.90. The van der Waals surface area contributed by atoms with Gasteiger partial charge in [0.05, 0.1) is 5.39 Å². The van der Waals surface area contributed by atoms with Gasteiger partial charge in [0.1, 0.15) is 11.6 Å². The second kappa shape index (κ2) is 6.78. The van der Waals surface area contributed by atoms with Gasteiger partial charge in [0.15, 0.2) is 5.65 Å². The van der Waals surface area contributed by atoms with Gasteiger partial charge in [-0.25, -0.2) is 9.37 Å².